The van der Waals surface area contributed by atoms with Crippen LogP contribution in [0, 0.1) is 18.8 Å². The molecule has 1 aliphatic carbocycles. The van der Waals surface area contributed by atoms with Gasteiger partial charge in [-0.05, 0) is 68.4 Å². The number of aryl methyl sites for hydroxylation is 1. The molecule has 1 heterocycles. The fraction of sp³-hybridized carbons (Fsp3) is 0.310. The van der Waals surface area contributed by atoms with E-state index in [-0.39, 0.29) is 17.6 Å². The topological polar surface area (TPSA) is 88.5 Å². The SMILES string of the molecule is C=C(N=C(Nc1cccc(OC(F)F)c1)c1cc(NC(=O)C2CCC(C)CC2)ccc1C)c1cnccn1. The number of nitrogens with zero attached hydrogens (tertiary/aromatic N) is 3. The van der Waals surface area contributed by atoms with Crippen LogP contribution in [0.2, 0.25) is 0 Å². The van der Waals surface area contributed by atoms with Gasteiger partial charge in [0.2, 0.25) is 5.91 Å². The van der Waals surface area contributed by atoms with E-state index in [1.807, 2.05) is 25.1 Å². The lowest BCUT2D eigenvalue weighted by molar-refractivity contribution is -0.121. The van der Waals surface area contributed by atoms with E-state index in [0.29, 0.717) is 40.1 Å². The van der Waals surface area contributed by atoms with E-state index in [0.717, 1.165) is 31.2 Å². The van der Waals surface area contributed by atoms with Gasteiger partial charge in [-0.25, -0.2) is 4.99 Å². The summed E-state index contributed by atoms with van der Waals surface area (Å²) in [7, 11) is 0. The van der Waals surface area contributed by atoms with Gasteiger partial charge in [0.05, 0.1) is 11.9 Å². The van der Waals surface area contributed by atoms with Crippen LogP contribution in [-0.2, 0) is 4.79 Å². The molecular formula is C29H31F2N5O2. The van der Waals surface area contributed by atoms with Crippen molar-refractivity contribution in [2.45, 2.75) is 46.1 Å². The minimum Gasteiger partial charge on any atom is -0.435 e. The first kappa shape index (κ1) is 26.9. The van der Waals surface area contributed by atoms with Crippen molar-refractivity contribution in [3.05, 3.63) is 84.5 Å². The lowest BCUT2D eigenvalue weighted by Gasteiger charge is -2.25. The van der Waals surface area contributed by atoms with Gasteiger partial charge in [0, 0.05) is 41.3 Å². The first-order valence-corrected chi connectivity index (χ1v) is 12.6. The summed E-state index contributed by atoms with van der Waals surface area (Å²) >= 11 is 0. The van der Waals surface area contributed by atoms with Crippen molar-refractivity contribution in [3.63, 3.8) is 0 Å². The standard InChI is InChI=1S/C29H31F2N5O2/c1-18-7-10-21(11-8-18)28(37)36-23-12-9-19(2)25(16-23)27(34-20(3)26-17-32-13-14-33-26)35-22-5-4-6-24(15-22)38-29(30)31/h4-6,9,12-18,21,29H,3,7-8,10-11H2,1-2H3,(H,34,35)(H,36,37). The van der Waals surface area contributed by atoms with Crippen molar-refractivity contribution in [2.24, 2.45) is 16.8 Å². The summed E-state index contributed by atoms with van der Waals surface area (Å²) < 4.78 is 30.1. The number of aromatic nitrogens is 2. The van der Waals surface area contributed by atoms with Gasteiger partial charge < -0.3 is 15.4 Å². The van der Waals surface area contributed by atoms with Crippen LogP contribution in [0.5, 0.6) is 5.75 Å². The Morgan fingerprint density at radius 2 is 1.84 bits per heavy atom. The number of carbonyl (C=O) groups excluding carboxylic acids is 1. The van der Waals surface area contributed by atoms with Gasteiger partial charge in [-0.15, -0.1) is 0 Å². The highest BCUT2D eigenvalue weighted by Crippen LogP contribution is 2.30. The molecule has 0 unspecified atom stereocenters. The van der Waals surface area contributed by atoms with Crippen molar-refractivity contribution in [3.8, 4) is 5.75 Å². The number of carbonyl (C=O) groups is 1. The van der Waals surface area contributed by atoms with Gasteiger partial charge in [0.25, 0.3) is 0 Å². The summed E-state index contributed by atoms with van der Waals surface area (Å²) in [6.45, 7) is 5.23. The molecule has 9 heteroatoms. The molecule has 198 valence electrons. The Bertz CT molecular complexity index is 1310. The van der Waals surface area contributed by atoms with Gasteiger partial charge in [-0.3, -0.25) is 14.8 Å². The molecule has 7 nitrogen and oxygen atoms in total. The van der Waals surface area contributed by atoms with Crippen molar-refractivity contribution < 1.29 is 18.3 Å². The van der Waals surface area contributed by atoms with Crippen molar-refractivity contribution in [1.29, 1.82) is 0 Å². The third kappa shape index (κ3) is 7.21. The molecule has 1 fully saturated rings. The molecule has 4 rings (SSSR count). The third-order valence-corrected chi connectivity index (χ3v) is 6.57. The number of ether oxygens (including phenoxy) is 1. The summed E-state index contributed by atoms with van der Waals surface area (Å²) in [5.74, 6) is 1.07. The number of benzene rings is 2. The Kier molecular flexibility index (Phi) is 8.78. The van der Waals surface area contributed by atoms with E-state index in [1.165, 1.54) is 12.1 Å². The van der Waals surface area contributed by atoms with Crippen LogP contribution in [0.1, 0.15) is 49.4 Å². The summed E-state index contributed by atoms with van der Waals surface area (Å²) in [5.41, 5.74) is 3.54. The van der Waals surface area contributed by atoms with Gasteiger partial charge in [0.15, 0.2) is 0 Å². The highest BCUT2D eigenvalue weighted by atomic mass is 19.3. The molecule has 1 amide bonds. The number of hydrogen-bond acceptors (Lipinski definition) is 5. The number of hydrogen-bond donors (Lipinski definition) is 2. The molecular weight excluding hydrogens is 488 g/mol. The zero-order valence-electron chi connectivity index (χ0n) is 21.5. The molecule has 1 aliphatic rings. The Balaban J connectivity index is 1.65. The zero-order chi connectivity index (χ0) is 27.1. The van der Waals surface area contributed by atoms with E-state index < -0.39 is 6.61 Å². The maximum atomic E-state index is 13.0. The fourth-order valence-corrected chi connectivity index (χ4v) is 4.40. The predicted octanol–water partition coefficient (Wildman–Crippen LogP) is 6.68. The monoisotopic (exact) mass is 519 g/mol. The molecule has 2 aromatic carbocycles. The van der Waals surface area contributed by atoms with Crippen molar-refractivity contribution in [1.82, 2.24) is 9.97 Å². The number of halogens is 2. The Hall–Kier alpha value is -4.14. The molecule has 0 atom stereocenters. The summed E-state index contributed by atoms with van der Waals surface area (Å²) in [6, 6.07) is 11.8. The van der Waals surface area contributed by atoms with E-state index in [9.17, 15) is 13.6 Å². The van der Waals surface area contributed by atoms with Crippen LogP contribution in [-0.4, -0.2) is 28.3 Å². The molecule has 0 bridgehead atoms. The maximum Gasteiger partial charge on any atom is 0.387 e. The summed E-state index contributed by atoms with van der Waals surface area (Å²) in [4.78, 5) is 26.0. The van der Waals surface area contributed by atoms with Crippen LogP contribution in [0.15, 0.2) is 72.6 Å². The second kappa shape index (κ2) is 12.4. The number of aliphatic imine (C=N–C) groups is 1. The minimum atomic E-state index is -2.94. The van der Waals surface area contributed by atoms with E-state index in [2.05, 4.69) is 43.8 Å². The molecule has 0 radical (unpaired) electrons. The van der Waals surface area contributed by atoms with Crippen LogP contribution < -0.4 is 15.4 Å². The molecule has 0 aliphatic heterocycles. The van der Waals surface area contributed by atoms with Gasteiger partial charge in [-0.2, -0.15) is 8.78 Å². The Morgan fingerprint density at radius 3 is 2.55 bits per heavy atom. The average molecular weight is 520 g/mol. The highest BCUT2D eigenvalue weighted by molar-refractivity contribution is 6.12. The minimum absolute atomic E-state index is 0.00350. The first-order valence-electron chi connectivity index (χ1n) is 12.6. The fourth-order valence-electron chi connectivity index (χ4n) is 4.40. The van der Waals surface area contributed by atoms with Gasteiger partial charge >= 0.3 is 6.61 Å². The van der Waals surface area contributed by atoms with Crippen LogP contribution in [0.25, 0.3) is 5.70 Å². The van der Waals surface area contributed by atoms with Crippen LogP contribution >= 0.6 is 0 Å². The molecule has 1 saturated carbocycles. The summed E-state index contributed by atoms with van der Waals surface area (Å²) in [5, 5.41) is 6.26. The lowest BCUT2D eigenvalue weighted by Crippen LogP contribution is -2.26. The Labute approximate surface area is 221 Å². The lowest BCUT2D eigenvalue weighted by atomic mass is 9.82. The quantitative estimate of drug-likeness (QED) is 0.256. The molecule has 2 N–H and O–H groups in total. The third-order valence-electron chi connectivity index (χ3n) is 6.57. The number of rotatable bonds is 8. The first-order chi connectivity index (χ1) is 18.3. The maximum absolute atomic E-state index is 13.0. The van der Waals surface area contributed by atoms with Crippen LogP contribution in [0.3, 0.4) is 0 Å². The van der Waals surface area contributed by atoms with E-state index in [4.69, 9.17) is 0 Å². The molecule has 38 heavy (non-hydrogen) atoms. The van der Waals surface area contributed by atoms with E-state index in [1.54, 1.807) is 30.7 Å². The van der Waals surface area contributed by atoms with E-state index >= 15 is 0 Å². The molecule has 0 saturated heterocycles. The number of anilines is 2. The van der Waals surface area contributed by atoms with Gasteiger partial charge in [-0.1, -0.05) is 25.6 Å². The second-order valence-corrected chi connectivity index (χ2v) is 9.50. The molecule has 0 spiro atoms. The molecule has 1 aromatic heterocycles. The zero-order valence-corrected chi connectivity index (χ0v) is 21.5. The van der Waals surface area contributed by atoms with Crippen molar-refractivity contribution >= 4 is 28.8 Å². The smallest absolute Gasteiger partial charge is 0.387 e. The number of amides is 1. The molecule has 3 aromatic rings. The predicted molar refractivity (Wildman–Crippen MR) is 145 cm³/mol. The number of alkyl halides is 2. The highest BCUT2D eigenvalue weighted by Gasteiger charge is 2.24. The normalized spacial score (nSPS) is 17.7. The van der Waals surface area contributed by atoms with Crippen molar-refractivity contribution in [2.75, 3.05) is 10.6 Å². The Morgan fingerprint density at radius 1 is 1.08 bits per heavy atom. The second-order valence-electron chi connectivity index (χ2n) is 9.50. The van der Waals surface area contributed by atoms with Gasteiger partial charge in [0.1, 0.15) is 17.3 Å². The average Bonchev–Trinajstić information content (AvgIpc) is 2.90. The number of nitrogens with one attached hydrogen (secondary N) is 2. The van der Waals surface area contributed by atoms with Crippen LogP contribution in [0.4, 0.5) is 20.2 Å². The summed E-state index contributed by atoms with van der Waals surface area (Å²) in [6.07, 6.45) is 8.52. The number of amidine groups is 1. The largest absolute Gasteiger partial charge is 0.435 e.